The Morgan fingerprint density at radius 1 is 0.944 bits per heavy atom. The Balaban J connectivity index is 2.28. The summed E-state index contributed by atoms with van der Waals surface area (Å²) in [4.78, 5) is 11.0. The molecule has 0 aromatic heterocycles. The molecular weight excluding hydrogens is 224 g/mol. The van der Waals surface area contributed by atoms with Gasteiger partial charge in [0.25, 0.3) is 0 Å². The summed E-state index contributed by atoms with van der Waals surface area (Å²) in [5, 5.41) is 9.04. The monoisotopic (exact) mass is 240 g/mol. The maximum absolute atomic E-state index is 11.0. The molecule has 0 radical (unpaired) electrons. The molecule has 0 unspecified atom stereocenters. The molecule has 0 heterocycles. The second-order valence-corrected chi connectivity index (χ2v) is 4.67. The number of carboxylic acid groups (broad SMARTS) is 1. The van der Waals surface area contributed by atoms with Gasteiger partial charge in [-0.05, 0) is 49.1 Å². The molecule has 0 bridgehead atoms. The van der Waals surface area contributed by atoms with Crippen LogP contribution < -0.4 is 0 Å². The molecule has 2 aromatic rings. The van der Waals surface area contributed by atoms with Gasteiger partial charge in [0.15, 0.2) is 0 Å². The van der Waals surface area contributed by atoms with Crippen LogP contribution in [0.15, 0.2) is 42.5 Å². The molecule has 1 N–H and O–H groups in total. The molecule has 18 heavy (non-hydrogen) atoms. The molecule has 2 aromatic carbocycles. The number of carbonyl (C=O) groups is 1. The van der Waals surface area contributed by atoms with Crippen LogP contribution in [0.1, 0.15) is 32.6 Å². The van der Waals surface area contributed by atoms with Crippen LogP contribution in [-0.4, -0.2) is 11.1 Å². The summed E-state index contributed by atoms with van der Waals surface area (Å²) in [6.07, 6.45) is 0.766. The molecule has 0 aliphatic heterocycles. The van der Waals surface area contributed by atoms with Crippen molar-refractivity contribution in [1.29, 1.82) is 0 Å². The first kappa shape index (κ1) is 12.4. The van der Waals surface area contributed by atoms with Gasteiger partial charge in [-0.3, -0.25) is 0 Å². The predicted octanol–water partition coefficient (Wildman–Crippen LogP) is 3.59. The molecule has 2 heteroatoms. The zero-order valence-corrected chi connectivity index (χ0v) is 10.6. The van der Waals surface area contributed by atoms with Crippen molar-refractivity contribution in [2.45, 2.75) is 20.3 Å². The molecule has 92 valence electrons. The fourth-order valence-electron chi connectivity index (χ4n) is 2.03. The second-order valence-electron chi connectivity index (χ2n) is 4.67. The number of aryl methyl sites for hydroxylation is 2. The summed E-state index contributed by atoms with van der Waals surface area (Å²) >= 11 is 0. The minimum atomic E-state index is -0.871. The first-order valence-corrected chi connectivity index (χ1v) is 5.94. The summed E-state index contributed by atoms with van der Waals surface area (Å²) in [6.45, 7) is 3.98. The van der Waals surface area contributed by atoms with Gasteiger partial charge in [-0.1, -0.05) is 35.9 Å². The van der Waals surface area contributed by atoms with Gasteiger partial charge in [-0.15, -0.1) is 0 Å². The van der Waals surface area contributed by atoms with Gasteiger partial charge in [-0.2, -0.15) is 0 Å². The van der Waals surface area contributed by atoms with E-state index >= 15 is 0 Å². The zero-order chi connectivity index (χ0) is 13.1. The van der Waals surface area contributed by atoms with Gasteiger partial charge < -0.3 is 5.11 Å². The van der Waals surface area contributed by atoms with Crippen LogP contribution in [0, 0.1) is 13.8 Å². The highest BCUT2D eigenvalue weighted by atomic mass is 16.4. The lowest BCUT2D eigenvalue weighted by atomic mass is 10.00. The Labute approximate surface area is 107 Å². The third-order valence-electron chi connectivity index (χ3n) is 2.91. The summed E-state index contributed by atoms with van der Waals surface area (Å²) < 4.78 is 0. The quantitative estimate of drug-likeness (QED) is 0.890. The highest BCUT2D eigenvalue weighted by molar-refractivity contribution is 5.88. The van der Waals surface area contributed by atoms with Gasteiger partial charge in [0, 0.05) is 0 Å². The minimum absolute atomic E-state index is 0.358. The normalized spacial score (nSPS) is 10.3. The van der Waals surface area contributed by atoms with E-state index in [4.69, 9.17) is 5.11 Å². The molecule has 0 atom stereocenters. The van der Waals surface area contributed by atoms with Crippen LogP contribution in [0.2, 0.25) is 0 Å². The number of rotatable bonds is 3. The molecule has 0 aliphatic rings. The molecule has 2 rings (SSSR count). The maximum Gasteiger partial charge on any atom is 0.335 e. The Kier molecular flexibility index (Phi) is 3.47. The molecular formula is C16H16O2. The van der Waals surface area contributed by atoms with Crippen LogP contribution >= 0.6 is 0 Å². The van der Waals surface area contributed by atoms with E-state index in [1.165, 1.54) is 11.1 Å². The van der Waals surface area contributed by atoms with Gasteiger partial charge in [0.1, 0.15) is 0 Å². The largest absolute Gasteiger partial charge is 0.478 e. The molecule has 2 nitrogen and oxygen atoms in total. The molecule has 0 amide bonds. The summed E-state index contributed by atoms with van der Waals surface area (Å²) in [5.41, 5.74) is 4.81. The Morgan fingerprint density at radius 3 is 2.22 bits per heavy atom. The van der Waals surface area contributed by atoms with Crippen molar-refractivity contribution in [2.24, 2.45) is 0 Å². The third kappa shape index (κ3) is 2.98. The number of benzene rings is 2. The lowest BCUT2D eigenvalue weighted by Crippen LogP contribution is -1.99. The zero-order valence-electron chi connectivity index (χ0n) is 10.6. The number of aromatic carboxylic acids is 1. The van der Waals surface area contributed by atoms with E-state index in [0.717, 1.165) is 17.5 Å². The lowest BCUT2D eigenvalue weighted by molar-refractivity contribution is 0.0696. The van der Waals surface area contributed by atoms with Crippen molar-refractivity contribution in [3.63, 3.8) is 0 Å². The van der Waals surface area contributed by atoms with E-state index in [-0.39, 0.29) is 0 Å². The molecule has 0 spiro atoms. The standard InChI is InChI=1S/C16H16O2/c1-11-3-5-13(6-4-11)9-14-7-12(2)8-15(10-14)16(17)18/h3-8,10H,9H2,1-2H3,(H,17,18). The van der Waals surface area contributed by atoms with Crippen LogP contribution in [0.25, 0.3) is 0 Å². The van der Waals surface area contributed by atoms with E-state index in [2.05, 4.69) is 31.2 Å². The van der Waals surface area contributed by atoms with E-state index in [1.54, 1.807) is 12.1 Å². The maximum atomic E-state index is 11.0. The van der Waals surface area contributed by atoms with E-state index in [9.17, 15) is 4.79 Å². The van der Waals surface area contributed by atoms with Crippen LogP contribution in [0.5, 0.6) is 0 Å². The smallest absolute Gasteiger partial charge is 0.335 e. The highest BCUT2D eigenvalue weighted by Crippen LogP contribution is 2.15. The Hall–Kier alpha value is -2.09. The molecule has 0 aliphatic carbocycles. The van der Waals surface area contributed by atoms with Crippen molar-refractivity contribution >= 4 is 5.97 Å². The Morgan fingerprint density at radius 2 is 1.61 bits per heavy atom. The van der Waals surface area contributed by atoms with Crippen LogP contribution in [0.4, 0.5) is 0 Å². The summed E-state index contributed by atoms with van der Waals surface area (Å²) in [7, 11) is 0. The van der Waals surface area contributed by atoms with E-state index < -0.39 is 5.97 Å². The van der Waals surface area contributed by atoms with Gasteiger partial charge in [0.2, 0.25) is 0 Å². The Bertz CT molecular complexity index is 568. The topological polar surface area (TPSA) is 37.3 Å². The van der Waals surface area contributed by atoms with Crippen molar-refractivity contribution < 1.29 is 9.90 Å². The minimum Gasteiger partial charge on any atom is -0.478 e. The van der Waals surface area contributed by atoms with Crippen molar-refractivity contribution in [3.8, 4) is 0 Å². The van der Waals surface area contributed by atoms with Crippen LogP contribution in [0.3, 0.4) is 0 Å². The number of hydrogen-bond donors (Lipinski definition) is 1. The summed E-state index contributed by atoms with van der Waals surface area (Å²) in [5.74, 6) is -0.871. The molecule has 0 saturated carbocycles. The van der Waals surface area contributed by atoms with Gasteiger partial charge in [-0.25, -0.2) is 4.79 Å². The van der Waals surface area contributed by atoms with Crippen LogP contribution in [-0.2, 0) is 6.42 Å². The molecule has 0 saturated heterocycles. The van der Waals surface area contributed by atoms with E-state index in [0.29, 0.717) is 5.56 Å². The van der Waals surface area contributed by atoms with Gasteiger partial charge in [0.05, 0.1) is 5.56 Å². The first-order valence-electron chi connectivity index (χ1n) is 5.94. The highest BCUT2D eigenvalue weighted by Gasteiger charge is 2.05. The first-order chi connectivity index (χ1) is 8.54. The average Bonchev–Trinajstić information content (AvgIpc) is 2.31. The SMILES string of the molecule is Cc1ccc(Cc2cc(C)cc(C(=O)O)c2)cc1. The van der Waals surface area contributed by atoms with Gasteiger partial charge >= 0.3 is 5.97 Å². The second kappa shape index (κ2) is 5.05. The summed E-state index contributed by atoms with van der Waals surface area (Å²) in [6, 6.07) is 13.8. The fraction of sp³-hybridized carbons (Fsp3) is 0.188. The lowest BCUT2D eigenvalue weighted by Gasteiger charge is -2.06. The predicted molar refractivity (Wildman–Crippen MR) is 72.1 cm³/mol. The van der Waals surface area contributed by atoms with Crippen molar-refractivity contribution in [3.05, 3.63) is 70.3 Å². The third-order valence-corrected chi connectivity index (χ3v) is 2.91. The fourth-order valence-corrected chi connectivity index (χ4v) is 2.03. The van der Waals surface area contributed by atoms with E-state index in [1.807, 2.05) is 13.0 Å². The van der Waals surface area contributed by atoms with Crippen molar-refractivity contribution in [1.82, 2.24) is 0 Å². The molecule has 0 fully saturated rings. The number of hydrogen-bond acceptors (Lipinski definition) is 1. The number of carboxylic acids is 1. The average molecular weight is 240 g/mol. The van der Waals surface area contributed by atoms with Crippen molar-refractivity contribution in [2.75, 3.05) is 0 Å².